The van der Waals surface area contributed by atoms with Crippen molar-refractivity contribution in [1.82, 2.24) is 4.98 Å². The molecule has 0 N–H and O–H groups in total. The van der Waals surface area contributed by atoms with Gasteiger partial charge in [0.05, 0.1) is 11.4 Å². The molecule has 0 fully saturated rings. The average Bonchev–Trinajstić information content (AvgIpc) is 2.75. The van der Waals surface area contributed by atoms with Crippen LogP contribution in [-0.2, 0) is 12.2 Å². The molecule has 2 rings (SSSR count). The van der Waals surface area contributed by atoms with Crippen LogP contribution in [0.25, 0.3) is 0 Å². The molecule has 0 spiro atoms. The van der Waals surface area contributed by atoms with Gasteiger partial charge in [-0.25, -0.2) is 9.37 Å². The molecule has 17 heavy (non-hydrogen) atoms. The van der Waals surface area contributed by atoms with Crippen molar-refractivity contribution >= 4 is 23.1 Å². The number of nitrogens with zero attached hydrogens (tertiary/aromatic N) is 1. The maximum Gasteiger partial charge on any atom is 0.124 e. The molecule has 1 heterocycles. The Morgan fingerprint density at radius 2 is 2.29 bits per heavy atom. The first-order valence-electron chi connectivity index (χ1n) is 5.59. The van der Waals surface area contributed by atoms with E-state index in [0.29, 0.717) is 0 Å². The van der Waals surface area contributed by atoms with Gasteiger partial charge in [-0.2, -0.15) is 0 Å². The summed E-state index contributed by atoms with van der Waals surface area (Å²) in [5.41, 5.74) is 1.17. The molecule has 1 nitrogen and oxygen atoms in total. The van der Waals surface area contributed by atoms with Crippen molar-refractivity contribution < 1.29 is 4.39 Å². The molecule has 0 aliphatic carbocycles. The monoisotopic (exact) mass is 267 g/mol. The minimum absolute atomic E-state index is 0.180. The molecule has 0 saturated carbocycles. The van der Waals surface area contributed by atoms with Gasteiger partial charge in [-0.3, -0.25) is 0 Å². The van der Waals surface area contributed by atoms with Crippen LogP contribution in [0.4, 0.5) is 4.39 Å². The van der Waals surface area contributed by atoms with E-state index in [1.165, 1.54) is 11.8 Å². The average molecular weight is 267 g/mol. The zero-order valence-corrected chi connectivity index (χ0v) is 11.3. The summed E-state index contributed by atoms with van der Waals surface area (Å²) in [6.45, 7) is 2.15. The van der Waals surface area contributed by atoms with E-state index in [0.717, 1.165) is 28.5 Å². The smallest absolute Gasteiger partial charge is 0.124 e. The van der Waals surface area contributed by atoms with Gasteiger partial charge >= 0.3 is 0 Å². The van der Waals surface area contributed by atoms with Crippen LogP contribution in [-0.4, -0.2) is 4.98 Å². The number of thiazole rings is 1. The standard InChI is InChI=1S/C13H14FNS2/c1-2-4-11-8-17-13(15-11)9-16-12-6-3-5-10(14)7-12/h3,5-8H,2,4,9H2,1H3. The van der Waals surface area contributed by atoms with Gasteiger partial charge in [0, 0.05) is 10.3 Å². The van der Waals surface area contributed by atoms with E-state index >= 15 is 0 Å². The van der Waals surface area contributed by atoms with E-state index in [4.69, 9.17) is 0 Å². The topological polar surface area (TPSA) is 12.9 Å². The largest absolute Gasteiger partial charge is 0.245 e. The molecule has 0 saturated heterocycles. The molecular weight excluding hydrogens is 253 g/mol. The van der Waals surface area contributed by atoms with E-state index in [1.807, 2.05) is 6.07 Å². The van der Waals surface area contributed by atoms with Crippen LogP contribution in [0.15, 0.2) is 34.5 Å². The number of thioether (sulfide) groups is 1. The lowest BCUT2D eigenvalue weighted by Crippen LogP contribution is -1.85. The molecule has 0 atom stereocenters. The first kappa shape index (κ1) is 12.6. The fourth-order valence-corrected chi connectivity index (χ4v) is 3.27. The highest BCUT2D eigenvalue weighted by Gasteiger charge is 2.03. The Labute approximate surface area is 109 Å². The maximum atomic E-state index is 13.0. The Bertz CT molecular complexity index is 482. The molecule has 0 bridgehead atoms. The predicted molar refractivity (Wildman–Crippen MR) is 72.1 cm³/mol. The van der Waals surface area contributed by atoms with Crippen molar-refractivity contribution in [3.05, 3.63) is 46.2 Å². The Morgan fingerprint density at radius 3 is 3.06 bits per heavy atom. The van der Waals surface area contributed by atoms with Crippen molar-refractivity contribution in [2.24, 2.45) is 0 Å². The van der Waals surface area contributed by atoms with Gasteiger partial charge in [-0.1, -0.05) is 19.4 Å². The lowest BCUT2D eigenvalue weighted by molar-refractivity contribution is 0.624. The summed E-state index contributed by atoms with van der Waals surface area (Å²) >= 11 is 3.31. The molecule has 0 amide bonds. The third kappa shape index (κ3) is 3.82. The summed E-state index contributed by atoms with van der Waals surface area (Å²) in [4.78, 5) is 5.50. The van der Waals surface area contributed by atoms with Crippen LogP contribution >= 0.6 is 23.1 Å². The van der Waals surface area contributed by atoms with Gasteiger partial charge in [-0.05, 0) is 24.6 Å². The van der Waals surface area contributed by atoms with Crippen molar-refractivity contribution in [3.8, 4) is 0 Å². The van der Waals surface area contributed by atoms with Crippen LogP contribution in [0.1, 0.15) is 24.0 Å². The Balaban J connectivity index is 1.93. The molecule has 4 heteroatoms. The highest BCUT2D eigenvalue weighted by atomic mass is 32.2. The van der Waals surface area contributed by atoms with E-state index in [-0.39, 0.29) is 5.82 Å². The van der Waals surface area contributed by atoms with Crippen molar-refractivity contribution in [1.29, 1.82) is 0 Å². The zero-order valence-electron chi connectivity index (χ0n) is 9.65. The first-order chi connectivity index (χ1) is 8.28. The third-order valence-corrected chi connectivity index (χ3v) is 4.35. The molecule has 2 aromatic rings. The molecule has 0 aliphatic rings. The number of halogens is 1. The van der Waals surface area contributed by atoms with E-state index in [1.54, 1.807) is 35.2 Å². The van der Waals surface area contributed by atoms with Gasteiger partial charge in [0.1, 0.15) is 10.8 Å². The van der Waals surface area contributed by atoms with E-state index in [9.17, 15) is 4.39 Å². The van der Waals surface area contributed by atoms with E-state index in [2.05, 4.69) is 17.3 Å². The minimum atomic E-state index is -0.180. The van der Waals surface area contributed by atoms with Crippen LogP contribution < -0.4 is 0 Å². The van der Waals surface area contributed by atoms with Gasteiger partial charge in [0.25, 0.3) is 0 Å². The summed E-state index contributed by atoms with van der Waals surface area (Å²) in [6, 6.07) is 6.69. The van der Waals surface area contributed by atoms with Gasteiger partial charge < -0.3 is 0 Å². The summed E-state index contributed by atoms with van der Waals surface area (Å²) in [5.74, 6) is 0.637. The molecule has 90 valence electrons. The summed E-state index contributed by atoms with van der Waals surface area (Å²) in [6.07, 6.45) is 2.17. The maximum absolute atomic E-state index is 13.0. The fraction of sp³-hybridized carbons (Fsp3) is 0.308. The molecule has 0 aliphatic heterocycles. The second-order valence-electron chi connectivity index (χ2n) is 3.73. The molecule has 0 radical (unpaired) electrons. The quantitative estimate of drug-likeness (QED) is 0.738. The lowest BCUT2D eigenvalue weighted by Gasteiger charge is -1.98. The normalized spacial score (nSPS) is 10.7. The van der Waals surface area contributed by atoms with Crippen LogP contribution in [0.5, 0.6) is 0 Å². The minimum Gasteiger partial charge on any atom is -0.245 e. The SMILES string of the molecule is CCCc1csc(CSc2cccc(F)c2)n1. The first-order valence-corrected chi connectivity index (χ1v) is 7.46. The Kier molecular flexibility index (Phi) is 4.57. The molecule has 1 aromatic heterocycles. The zero-order chi connectivity index (χ0) is 12.1. The van der Waals surface area contributed by atoms with E-state index < -0.39 is 0 Å². The summed E-state index contributed by atoms with van der Waals surface area (Å²) in [7, 11) is 0. The summed E-state index contributed by atoms with van der Waals surface area (Å²) < 4.78 is 13.0. The number of aryl methyl sites for hydroxylation is 1. The fourth-order valence-electron chi connectivity index (χ4n) is 1.49. The molecular formula is C13H14FNS2. The number of hydrogen-bond acceptors (Lipinski definition) is 3. The second kappa shape index (κ2) is 6.17. The number of rotatable bonds is 5. The molecule has 0 unspecified atom stereocenters. The lowest BCUT2D eigenvalue weighted by atomic mass is 10.3. The van der Waals surface area contributed by atoms with Crippen LogP contribution in [0.3, 0.4) is 0 Å². The predicted octanol–water partition coefficient (Wildman–Crippen LogP) is 4.53. The number of benzene rings is 1. The Hall–Kier alpha value is -0.870. The van der Waals surface area contributed by atoms with Gasteiger partial charge in [0.15, 0.2) is 0 Å². The molecule has 1 aromatic carbocycles. The highest BCUT2D eigenvalue weighted by molar-refractivity contribution is 7.98. The third-order valence-electron chi connectivity index (χ3n) is 2.26. The van der Waals surface area contributed by atoms with Crippen molar-refractivity contribution in [3.63, 3.8) is 0 Å². The van der Waals surface area contributed by atoms with Crippen LogP contribution in [0.2, 0.25) is 0 Å². The number of hydrogen-bond donors (Lipinski definition) is 0. The van der Waals surface area contributed by atoms with Crippen molar-refractivity contribution in [2.45, 2.75) is 30.4 Å². The van der Waals surface area contributed by atoms with Gasteiger partial charge in [0.2, 0.25) is 0 Å². The van der Waals surface area contributed by atoms with Crippen molar-refractivity contribution in [2.75, 3.05) is 0 Å². The second-order valence-corrected chi connectivity index (χ2v) is 5.72. The Morgan fingerprint density at radius 1 is 1.41 bits per heavy atom. The van der Waals surface area contributed by atoms with Crippen LogP contribution in [0, 0.1) is 5.82 Å². The summed E-state index contributed by atoms with van der Waals surface area (Å²) in [5, 5.41) is 3.23. The van der Waals surface area contributed by atoms with Gasteiger partial charge in [-0.15, -0.1) is 23.1 Å². The highest BCUT2D eigenvalue weighted by Crippen LogP contribution is 2.25. The number of aromatic nitrogens is 1.